The van der Waals surface area contributed by atoms with E-state index in [4.69, 9.17) is 5.84 Å². The van der Waals surface area contributed by atoms with Gasteiger partial charge in [0.1, 0.15) is 5.75 Å². The Kier molecular flexibility index (Phi) is 4.82. The number of nitrogen functional groups attached to an aromatic ring is 1. The molecule has 1 amide bonds. The van der Waals surface area contributed by atoms with Crippen LogP contribution in [0.15, 0.2) is 29.6 Å². The first-order valence-electron chi connectivity index (χ1n) is 6.68. The molecule has 0 bridgehead atoms. The number of aromatic hydroxyl groups is 1. The van der Waals surface area contributed by atoms with Crippen LogP contribution in [0, 0.1) is 6.92 Å². The van der Waals surface area contributed by atoms with Crippen molar-refractivity contribution in [3.8, 4) is 5.75 Å². The standard InChI is InChI=1S/C15H19N3O2S/c1-3-18(13-8-12(19)5-4-10(13)2)9-11-6-7-21-14(11)15(20)17-16/h4-8,19H,3,9,16H2,1-2H3,(H,17,20). The van der Waals surface area contributed by atoms with Crippen molar-refractivity contribution >= 4 is 22.9 Å². The Bertz CT molecular complexity index is 640. The van der Waals surface area contributed by atoms with E-state index in [9.17, 15) is 9.90 Å². The lowest BCUT2D eigenvalue weighted by molar-refractivity contribution is 0.0957. The zero-order valence-corrected chi connectivity index (χ0v) is 12.9. The molecule has 1 aromatic heterocycles. The largest absolute Gasteiger partial charge is 0.508 e. The molecule has 5 nitrogen and oxygen atoms in total. The summed E-state index contributed by atoms with van der Waals surface area (Å²) < 4.78 is 0. The van der Waals surface area contributed by atoms with Gasteiger partial charge in [0.25, 0.3) is 5.91 Å². The first-order valence-corrected chi connectivity index (χ1v) is 7.56. The summed E-state index contributed by atoms with van der Waals surface area (Å²) in [6.07, 6.45) is 0. The molecule has 0 aliphatic heterocycles. The van der Waals surface area contributed by atoms with Gasteiger partial charge in [0.2, 0.25) is 0 Å². The normalized spacial score (nSPS) is 10.4. The number of nitrogens with two attached hydrogens (primary N) is 1. The lowest BCUT2D eigenvalue weighted by Crippen LogP contribution is -2.31. The number of carbonyl (C=O) groups excluding carboxylic acids is 1. The van der Waals surface area contributed by atoms with Gasteiger partial charge < -0.3 is 10.0 Å². The van der Waals surface area contributed by atoms with E-state index in [1.54, 1.807) is 12.1 Å². The van der Waals surface area contributed by atoms with Gasteiger partial charge in [-0.15, -0.1) is 11.3 Å². The molecular formula is C15H19N3O2S. The predicted octanol–water partition coefficient (Wildman–Crippen LogP) is 2.39. The zero-order valence-electron chi connectivity index (χ0n) is 12.1. The number of hydrogen-bond acceptors (Lipinski definition) is 5. The molecule has 4 N–H and O–H groups in total. The summed E-state index contributed by atoms with van der Waals surface area (Å²) >= 11 is 1.37. The second-order valence-corrected chi connectivity index (χ2v) is 5.65. The Balaban J connectivity index is 2.30. The number of rotatable bonds is 5. The molecule has 0 spiro atoms. The summed E-state index contributed by atoms with van der Waals surface area (Å²) in [5, 5.41) is 11.6. The lowest BCUT2D eigenvalue weighted by Gasteiger charge is -2.25. The van der Waals surface area contributed by atoms with Crippen molar-refractivity contribution in [2.45, 2.75) is 20.4 Å². The summed E-state index contributed by atoms with van der Waals surface area (Å²) in [5.41, 5.74) is 5.14. The Hall–Kier alpha value is -2.05. The molecule has 0 saturated carbocycles. The van der Waals surface area contributed by atoms with Gasteiger partial charge in [0, 0.05) is 24.8 Å². The van der Waals surface area contributed by atoms with Crippen molar-refractivity contribution in [1.29, 1.82) is 0 Å². The number of hydrazine groups is 1. The smallest absolute Gasteiger partial charge is 0.275 e. The third-order valence-electron chi connectivity index (χ3n) is 3.36. The van der Waals surface area contributed by atoms with E-state index < -0.39 is 0 Å². The fourth-order valence-electron chi connectivity index (χ4n) is 2.24. The van der Waals surface area contributed by atoms with Crippen LogP contribution in [0.1, 0.15) is 27.7 Å². The van der Waals surface area contributed by atoms with E-state index in [1.807, 2.05) is 31.4 Å². The molecule has 2 aromatic rings. The first-order chi connectivity index (χ1) is 10.1. The van der Waals surface area contributed by atoms with E-state index >= 15 is 0 Å². The summed E-state index contributed by atoms with van der Waals surface area (Å²) in [6, 6.07) is 7.23. The fourth-order valence-corrected chi connectivity index (χ4v) is 3.05. The maximum atomic E-state index is 11.7. The van der Waals surface area contributed by atoms with Gasteiger partial charge in [0.15, 0.2) is 0 Å². The highest BCUT2D eigenvalue weighted by atomic mass is 32.1. The van der Waals surface area contributed by atoms with Crippen LogP contribution in [0.4, 0.5) is 5.69 Å². The van der Waals surface area contributed by atoms with Crippen molar-refractivity contribution in [2.24, 2.45) is 5.84 Å². The van der Waals surface area contributed by atoms with Crippen LogP contribution in [-0.2, 0) is 6.54 Å². The van der Waals surface area contributed by atoms with E-state index in [1.165, 1.54) is 11.3 Å². The number of carbonyl (C=O) groups is 1. The molecule has 0 unspecified atom stereocenters. The molecule has 2 rings (SSSR count). The molecule has 1 heterocycles. The topological polar surface area (TPSA) is 78.6 Å². The number of thiophene rings is 1. The van der Waals surface area contributed by atoms with Crippen LogP contribution in [0.5, 0.6) is 5.75 Å². The molecule has 0 aliphatic carbocycles. The second kappa shape index (κ2) is 6.60. The number of amides is 1. The molecule has 0 fully saturated rings. The number of phenolic OH excluding ortho intramolecular Hbond substituents is 1. The fraction of sp³-hybridized carbons (Fsp3) is 0.267. The Morgan fingerprint density at radius 1 is 1.43 bits per heavy atom. The van der Waals surface area contributed by atoms with E-state index in [2.05, 4.69) is 10.3 Å². The monoisotopic (exact) mass is 305 g/mol. The highest BCUT2D eigenvalue weighted by Crippen LogP contribution is 2.27. The molecule has 112 valence electrons. The molecule has 0 radical (unpaired) electrons. The second-order valence-electron chi connectivity index (χ2n) is 4.73. The summed E-state index contributed by atoms with van der Waals surface area (Å²) in [5.74, 6) is 5.17. The molecule has 0 aliphatic rings. The number of nitrogens with zero attached hydrogens (tertiary/aromatic N) is 1. The minimum absolute atomic E-state index is 0.235. The summed E-state index contributed by atoms with van der Waals surface area (Å²) in [6.45, 7) is 5.40. The quantitative estimate of drug-likeness (QED) is 0.450. The summed E-state index contributed by atoms with van der Waals surface area (Å²) in [4.78, 5) is 14.5. The molecule has 1 aromatic carbocycles. The van der Waals surface area contributed by atoms with Crippen molar-refractivity contribution in [2.75, 3.05) is 11.4 Å². The molecule has 21 heavy (non-hydrogen) atoms. The van der Waals surface area contributed by atoms with Gasteiger partial charge in [0.05, 0.1) is 4.88 Å². The van der Waals surface area contributed by atoms with Crippen LogP contribution in [0.3, 0.4) is 0 Å². The molecule has 0 atom stereocenters. The molecule has 6 heteroatoms. The average molecular weight is 305 g/mol. The minimum atomic E-state index is -0.274. The van der Waals surface area contributed by atoms with Crippen LogP contribution < -0.4 is 16.2 Å². The highest BCUT2D eigenvalue weighted by Gasteiger charge is 2.16. The van der Waals surface area contributed by atoms with Crippen LogP contribution in [0.25, 0.3) is 0 Å². The number of hydrogen-bond donors (Lipinski definition) is 3. The van der Waals surface area contributed by atoms with Crippen molar-refractivity contribution in [1.82, 2.24) is 5.43 Å². The number of phenols is 1. The zero-order chi connectivity index (χ0) is 15.4. The number of nitrogens with one attached hydrogen (secondary N) is 1. The molecular weight excluding hydrogens is 286 g/mol. The van der Waals surface area contributed by atoms with Crippen LogP contribution in [0.2, 0.25) is 0 Å². The van der Waals surface area contributed by atoms with E-state index in [-0.39, 0.29) is 11.7 Å². The SMILES string of the molecule is CCN(Cc1ccsc1C(=O)NN)c1cc(O)ccc1C. The Labute approximate surface area is 128 Å². The van der Waals surface area contributed by atoms with Crippen molar-refractivity contribution in [3.63, 3.8) is 0 Å². The van der Waals surface area contributed by atoms with E-state index in [0.29, 0.717) is 11.4 Å². The Morgan fingerprint density at radius 3 is 2.86 bits per heavy atom. The summed E-state index contributed by atoms with van der Waals surface area (Å²) in [7, 11) is 0. The molecule has 0 saturated heterocycles. The van der Waals surface area contributed by atoms with Gasteiger partial charge in [-0.25, -0.2) is 5.84 Å². The maximum Gasteiger partial charge on any atom is 0.275 e. The maximum absolute atomic E-state index is 11.7. The van der Waals surface area contributed by atoms with Crippen molar-refractivity contribution in [3.05, 3.63) is 45.6 Å². The third kappa shape index (κ3) is 3.34. The van der Waals surface area contributed by atoms with Crippen LogP contribution >= 0.6 is 11.3 Å². The van der Waals surface area contributed by atoms with Gasteiger partial charge >= 0.3 is 0 Å². The van der Waals surface area contributed by atoms with Gasteiger partial charge in [-0.2, -0.15) is 0 Å². The van der Waals surface area contributed by atoms with Gasteiger partial charge in [-0.1, -0.05) is 6.07 Å². The minimum Gasteiger partial charge on any atom is -0.508 e. The lowest BCUT2D eigenvalue weighted by atomic mass is 10.1. The number of anilines is 1. The van der Waals surface area contributed by atoms with Crippen molar-refractivity contribution < 1.29 is 9.90 Å². The highest BCUT2D eigenvalue weighted by molar-refractivity contribution is 7.12. The van der Waals surface area contributed by atoms with E-state index in [0.717, 1.165) is 23.4 Å². The van der Waals surface area contributed by atoms with Crippen LogP contribution in [-0.4, -0.2) is 17.6 Å². The Morgan fingerprint density at radius 2 is 2.19 bits per heavy atom. The first kappa shape index (κ1) is 15.3. The number of benzene rings is 1. The number of aryl methyl sites for hydroxylation is 1. The van der Waals surface area contributed by atoms with Gasteiger partial charge in [-0.05, 0) is 42.5 Å². The average Bonchev–Trinajstić information content (AvgIpc) is 2.94. The predicted molar refractivity (Wildman–Crippen MR) is 85.5 cm³/mol. The third-order valence-corrected chi connectivity index (χ3v) is 4.32. The van der Waals surface area contributed by atoms with Gasteiger partial charge in [-0.3, -0.25) is 10.2 Å².